The zero-order valence-corrected chi connectivity index (χ0v) is 17.3. The van der Waals surface area contributed by atoms with Crippen LogP contribution in [0.3, 0.4) is 0 Å². The number of halogens is 1. The first-order chi connectivity index (χ1) is 11.7. The molecule has 2 aromatic rings. The SMILES string of the molecule is CC[C@@H](C)Nc1nc(Cl)nc2c1c(C#N)cn2COCC[Si](C)(C)C. The molecular weight excluding hydrogens is 354 g/mol. The lowest BCUT2D eigenvalue weighted by atomic mass is 10.2. The number of anilines is 1. The summed E-state index contributed by atoms with van der Waals surface area (Å²) in [6, 6.07) is 3.53. The van der Waals surface area contributed by atoms with Crippen LogP contribution in [0.4, 0.5) is 5.82 Å². The van der Waals surface area contributed by atoms with Crippen LogP contribution in [0, 0.1) is 11.3 Å². The standard InChI is InChI=1S/C17H26ClN5OSi/c1-6-12(2)20-15-14-13(9-19)10-23(16(14)22-17(18)21-15)11-24-7-8-25(3,4)5/h10,12H,6-8,11H2,1-5H3,(H,20,21,22)/t12-/m1/s1. The van der Waals surface area contributed by atoms with Gasteiger partial charge in [0, 0.05) is 26.9 Å². The molecule has 6 nitrogen and oxygen atoms in total. The second-order valence-corrected chi connectivity index (χ2v) is 13.4. The molecule has 0 radical (unpaired) electrons. The molecule has 0 aliphatic heterocycles. The fourth-order valence-electron chi connectivity index (χ4n) is 2.32. The Kier molecular flexibility index (Phi) is 6.44. The van der Waals surface area contributed by atoms with Crippen molar-refractivity contribution < 1.29 is 4.74 Å². The molecule has 0 saturated carbocycles. The Morgan fingerprint density at radius 2 is 2.12 bits per heavy atom. The third kappa shape index (κ3) is 5.17. The number of nitrogens with zero attached hydrogens (tertiary/aromatic N) is 4. The quantitative estimate of drug-likeness (QED) is 0.415. The van der Waals surface area contributed by atoms with Crippen LogP contribution in [0.1, 0.15) is 25.8 Å². The highest BCUT2D eigenvalue weighted by atomic mass is 35.5. The molecule has 0 unspecified atom stereocenters. The number of ether oxygens (including phenoxy) is 1. The van der Waals surface area contributed by atoms with E-state index in [9.17, 15) is 5.26 Å². The van der Waals surface area contributed by atoms with Crippen molar-refractivity contribution in [3.8, 4) is 6.07 Å². The molecular formula is C17H26ClN5OSi. The van der Waals surface area contributed by atoms with Crippen molar-refractivity contribution in [2.75, 3.05) is 11.9 Å². The second-order valence-electron chi connectivity index (χ2n) is 7.47. The van der Waals surface area contributed by atoms with Gasteiger partial charge in [-0.3, -0.25) is 0 Å². The van der Waals surface area contributed by atoms with Crippen molar-refractivity contribution in [2.45, 2.75) is 58.7 Å². The van der Waals surface area contributed by atoms with Crippen molar-refractivity contribution in [3.63, 3.8) is 0 Å². The summed E-state index contributed by atoms with van der Waals surface area (Å²) in [7, 11) is -1.13. The van der Waals surface area contributed by atoms with E-state index in [1.54, 1.807) is 6.20 Å². The predicted molar refractivity (Wildman–Crippen MR) is 105 cm³/mol. The van der Waals surface area contributed by atoms with Gasteiger partial charge in [0.2, 0.25) is 5.28 Å². The van der Waals surface area contributed by atoms with Crippen molar-refractivity contribution in [2.24, 2.45) is 0 Å². The number of nitriles is 1. The first-order valence-electron chi connectivity index (χ1n) is 8.56. The van der Waals surface area contributed by atoms with Crippen LogP contribution in [0.2, 0.25) is 31.0 Å². The molecule has 0 aromatic carbocycles. The van der Waals surface area contributed by atoms with E-state index in [0.29, 0.717) is 35.8 Å². The number of fused-ring (bicyclic) bond motifs is 1. The third-order valence-electron chi connectivity index (χ3n) is 4.03. The topological polar surface area (TPSA) is 75.8 Å². The summed E-state index contributed by atoms with van der Waals surface area (Å²) in [5, 5.41) is 13.7. The maximum atomic E-state index is 9.50. The number of hydrogen-bond acceptors (Lipinski definition) is 5. The maximum absolute atomic E-state index is 9.50. The third-order valence-corrected chi connectivity index (χ3v) is 5.90. The molecule has 1 atom stereocenters. The highest BCUT2D eigenvalue weighted by molar-refractivity contribution is 6.76. The van der Waals surface area contributed by atoms with Gasteiger partial charge in [0.05, 0.1) is 10.9 Å². The maximum Gasteiger partial charge on any atom is 0.226 e. The highest BCUT2D eigenvalue weighted by Crippen LogP contribution is 2.28. The van der Waals surface area contributed by atoms with Gasteiger partial charge in [-0.05, 0) is 31.0 Å². The molecule has 2 heterocycles. The van der Waals surface area contributed by atoms with Crippen LogP contribution in [-0.2, 0) is 11.5 Å². The van der Waals surface area contributed by atoms with E-state index in [2.05, 4.69) is 54.8 Å². The van der Waals surface area contributed by atoms with Gasteiger partial charge >= 0.3 is 0 Å². The number of aromatic nitrogens is 3. The summed E-state index contributed by atoms with van der Waals surface area (Å²) in [5.74, 6) is 0.599. The fraction of sp³-hybridized carbons (Fsp3) is 0.588. The predicted octanol–water partition coefficient (Wildman–Crippen LogP) is 4.48. The van der Waals surface area contributed by atoms with Crippen LogP contribution in [0.5, 0.6) is 0 Å². The Labute approximate surface area is 155 Å². The second kappa shape index (κ2) is 8.17. The zero-order chi connectivity index (χ0) is 18.6. The lowest BCUT2D eigenvalue weighted by molar-refractivity contribution is 0.0898. The first-order valence-corrected chi connectivity index (χ1v) is 12.6. The minimum atomic E-state index is -1.13. The Morgan fingerprint density at radius 1 is 1.40 bits per heavy atom. The molecule has 0 aliphatic carbocycles. The van der Waals surface area contributed by atoms with Crippen molar-refractivity contribution in [3.05, 3.63) is 17.0 Å². The zero-order valence-electron chi connectivity index (χ0n) is 15.6. The van der Waals surface area contributed by atoms with E-state index in [0.717, 1.165) is 12.5 Å². The minimum absolute atomic E-state index is 0.157. The van der Waals surface area contributed by atoms with Gasteiger partial charge < -0.3 is 14.6 Å². The van der Waals surface area contributed by atoms with E-state index < -0.39 is 8.07 Å². The Balaban J connectivity index is 2.31. The molecule has 2 aromatic heterocycles. The van der Waals surface area contributed by atoms with Gasteiger partial charge in [0.25, 0.3) is 0 Å². The van der Waals surface area contributed by atoms with Crippen molar-refractivity contribution in [1.82, 2.24) is 14.5 Å². The smallest absolute Gasteiger partial charge is 0.226 e. The largest absolute Gasteiger partial charge is 0.367 e. The van der Waals surface area contributed by atoms with Crippen LogP contribution >= 0.6 is 11.6 Å². The van der Waals surface area contributed by atoms with Gasteiger partial charge in [-0.2, -0.15) is 15.2 Å². The number of nitrogens with one attached hydrogen (secondary N) is 1. The van der Waals surface area contributed by atoms with Gasteiger partial charge in [0.1, 0.15) is 24.3 Å². The van der Waals surface area contributed by atoms with Gasteiger partial charge in [0.15, 0.2) is 0 Å². The van der Waals surface area contributed by atoms with Gasteiger partial charge in [-0.25, -0.2) is 0 Å². The van der Waals surface area contributed by atoms with E-state index in [-0.39, 0.29) is 11.3 Å². The normalized spacial score (nSPS) is 13.0. The molecule has 0 aliphatic rings. The average Bonchev–Trinajstić information content (AvgIpc) is 2.88. The van der Waals surface area contributed by atoms with Crippen LogP contribution in [-0.4, -0.2) is 35.3 Å². The average molecular weight is 380 g/mol. The summed E-state index contributed by atoms with van der Waals surface area (Å²) >= 11 is 6.10. The Bertz CT molecular complexity index is 778. The molecule has 0 spiro atoms. The summed E-state index contributed by atoms with van der Waals surface area (Å²) in [6.45, 7) is 12.1. The van der Waals surface area contributed by atoms with Crippen molar-refractivity contribution in [1.29, 1.82) is 5.26 Å². The highest BCUT2D eigenvalue weighted by Gasteiger charge is 2.18. The molecule has 0 saturated heterocycles. The number of hydrogen-bond donors (Lipinski definition) is 1. The molecule has 0 fully saturated rings. The summed E-state index contributed by atoms with van der Waals surface area (Å²) in [4.78, 5) is 8.60. The lowest BCUT2D eigenvalue weighted by Crippen LogP contribution is -2.22. The fourth-order valence-corrected chi connectivity index (χ4v) is 3.25. The summed E-state index contributed by atoms with van der Waals surface area (Å²) < 4.78 is 7.63. The molecule has 0 bridgehead atoms. The molecule has 25 heavy (non-hydrogen) atoms. The van der Waals surface area contributed by atoms with E-state index in [1.807, 2.05) is 4.57 Å². The lowest BCUT2D eigenvalue weighted by Gasteiger charge is -2.16. The Hall–Kier alpha value is -1.62. The van der Waals surface area contributed by atoms with E-state index in [1.165, 1.54) is 0 Å². The molecule has 0 amide bonds. The van der Waals surface area contributed by atoms with Gasteiger partial charge in [-0.1, -0.05) is 26.6 Å². The first kappa shape index (κ1) is 19.7. The van der Waals surface area contributed by atoms with Crippen LogP contribution in [0.15, 0.2) is 6.20 Å². The van der Waals surface area contributed by atoms with Crippen molar-refractivity contribution >= 4 is 36.5 Å². The monoisotopic (exact) mass is 379 g/mol. The summed E-state index contributed by atoms with van der Waals surface area (Å²) in [5.41, 5.74) is 1.14. The van der Waals surface area contributed by atoms with E-state index >= 15 is 0 Å². The van der Waals surface area contributed by atoms with Crippen LogP contribution < -0.4 is 5.32 Å². The minimum Gasteiger partial charge on any atom is -0.367 e. The molecule has 1 N–H and O–H groups in total. The number of rotatable bonds is 8. The Morgan fingerprint density at radius 3 is 2.72 bits per heavy atom. The molecule has 2 rings (SSSR count). The molecule has 136 valence electrons. The van der Waals surface area contributed by atoms with E-state index in [4.69, 9.17) is 16.3 Å². The molecule has 8 heteroatoms. The van der Waals surface area contributed by atoms with Gasteiger partial charge in [-0.15, -0.1) is 0 Å². The van der Waals surface area contributed by atoms with Crippen LogP contribution in [0.25, 0.3) is 11.0 Å². The summed E-state index contributed by atoms with van der Waals surface area (Å²) in [6.07, 6.45) is 2.69.